The summed E-state index contributed by atoms with van der Waals surface area (Å²) in [6.07, 6.45) is -1.68. The first-order valence-corrected chi connectivity index (χ1v) is 9.23. The van der Waals surface area contributed by atoms with Crippen molar-refractivity contribution in [3.63, 3.8) is 0 Å². The van der Waals surface area contributed by atoms with Crippen LogP contribution < -0.4 is 0 Å². The van der Waals surface area contributed by atoms with Crippen LogP contribution in [0.2, 0.25) is 0 Å². The molecule has 9 heteroatoms. The number of ketones is 1. The Labute approximate surface area is 173 Å². The van der Waals surface area contributed by atoms with Crippen molar-refractivity contribution in [2.24, 2.45) is 0 Å². The Morgan fingerprint density at radius 2 is 1.87 bits per heavy atom. The number of nitrogens with zero attached hydrogens (tertiary/aromatic N) is 2. The summed E-state index contributed by atoms with van der Waals surface area (Å²) in [6, 6.07) is 10.2. The average Bonchev–Trinajstić information content (AvgIpc) is 3.41. The maximum Gasteiger partial charge on any atom is 0.416 e. The SMILES string of the molecule is CCOC(=O)c1cc(C(=O)c2ccc(C(F)(F)F)cc2)n2cnc(-c3ccco3)cc12. The van der Waals surface area contributed by atoms with Crippen molar-refractivity contribution in [3.8, 4) is 11.5 Å². The fourth-order valence-corrected chi connectivity index (χ4v) is 3.16. The number of carbonyl (C=O) groups is 2. The minimum atomic E-state index is -4.51. The number of aromatic nitrogens is 2. The molecule has 0 N–H and O–H groups in total. The zero-order valence-corrected chi connectivity index (χ0v) is 16.1. The molecule has 0 saturated carbocycles. The molecule has 4 aromatic rings. The quantitative estimate of drug-likeness (QED) is 0.330. The van der Waals surface area contributed by atoms with Crippen molar-refractivity contribution >= 4 is 17.3 Å². The van der Waals surface area contributed by atoms with Crippen LogP contribution in [0.25, 0.3) is 17.0 Å². The Morgan fingerprint density at radius 1 is 1.13 bits per heavy atom. The van der Waals surface area contributed by atoms with Crippen LogP contribution in [-0.2, 0) is 10.9 Å². The smallest absolute Gasteiger partial charge is 0.416 e. The predicted octanol–water partition coefficient (Wildman–Crippen LogP) is 5.02. The Kier molecular flexibility index (Phi) is 5.10. The zero-order chi connectivity index (χ0) is 22.2. The summed E-state index contributed by atoms with van der Waals surface area (Å²) in [5.74, 6) is -0.732. The Bertz CT molecular complexity index is 1260. The number of hydrogen-bond donors (Lipinski definition) is 0. The summed E-state index contributed by atoms with van der Waals surface area (Å²) in [7, 11) is 0. The Hall–Kier alpha value is -3.88. The van der Waals surface area contributed by atoms with Gasteiger partial charge in [-0.15, -0.1) is 0 Å². The van der Waals surface area contributed by atoms with Crippen LogP contribution in [0.15, 0.2) is 65.5 Å². The third kappa shape index (κ3) is 3.81. The highest BCUT2D eigenvalue weighted by atomic mass is 19.4. The molecule has 0 aliphatic rings. The predicted molar refractivity (Wildman–Crippen MR) is 104 cm³/mol. The lowest BCUT2D eigenvalue weighted by molar-refractivity contribution is -0.137. The van der Waals surface area contributed by atoms with Gasteiger partial charge in [-0.2, -0.15) is 13.2 Å². The van der Waals surface area contributed by atoms with Crippen molar-refractivity contribution in [2.45, 2.75) is 13.1 Å². The van der Waals surface area contributed by atoms with Gasteiger partial charge in [0.2, 0.25) is 5.78 Å². The summed E-state index contributed by atoms with van der Waals surface area (Å²) < 4.78 is 50.3. The number of hydrogen-bond acceptors (Lipinski definition) is 5. The van der Waals surface area contributed by atoms with E-state index in [1.165, 1.54) is 23.1 Å². The monoisotopic (exact) mass is 428 g/mol. The van der Waals surface area contributed by atoms with Gasteiger partial charge in [-0.05, 0) is 43.3 Å². The first-order valence-electron chi connectivity index (χ1n) is 9.23. The molecule has 0 bridgehead atoms. The number of benzene rings is 1. The number of carbonyl (C=O) groups excluding carboxylic acids is 2. The van der Waals surface area contributed by atoms with E-state index in [2.05, 4.69) is 4.98 Å². The van der Waals surface area contributed by atoms with Crippen LogP contribution in [0.4, 0.5) is 13.2 Å². The molecule has 0 amide bonds. The van der Waals surface area contributed by atoms with Gasteiger partial charge in [-0.3, -0.25) is 9.20 Å². The van der Waals surface area contributed by atoms with Crippen LogP contribution in [0, 0.1) is 0 Å². The normalized spacial score (nSPS) is 11.6. The van der Waals surface area contributed by atoms with Crippen molar-refractivity contribution in [1.29, 1.82) is 0 Å². The standard InChI is InChI=1S/C22H15F3N2O4/c1-2-30-21(29)15-10-18(20(28)13-5-7-14(8-6-13)22(23,24)25)27-12-26-16(11-17(15)27)19-4-3-9-31-19/h3-12H,2H2,1H3. The molecule has 6 nitrogen and oxygen atoms in total. The molecule has 0 aliphatic carbocycles. The second-order valence-corrected chi connectivity index (χ2v) is 6.57. The molecule has 0 atom stereocenters. The minimum absolute atomic E-state index is 0.0397. The molecule has 158 valence electrons. The van der Waals surface area contributed by atoms with Crippen molar-refractivity contribution < 1.29 is 31.9 Å². The molecule has 4 rings (SSSR count). The second kappa shape index (κ2) is 7.75. The van der Waals surface area contributed by atoms with Crippen LogP contribution in [0.3, 0.4) is 0 Å². The summed E-state index contributed by atoms with van der Waals surface area (Å²) in [6.45, 7) is 1.79. The molecule has 31 heavy (non-hydrogen) atoms. The molecule has 0 saturated heterocycles. The summed E-state index contributed by atoms with van der Waals surface area (Å²) in [4.78, 5) is 29.8. The molecule has 1 aromatic carbocycles. The summed E-state index contributed by atoms with van der Waals surface area (Å²) in [5, 5.41) is 0. The second-order valence-electron chi connectivity index (χ2n) is 6.57. The molecule has 0 spiro atoms. The fraction of sp³-hybridized carbons (Fsp3) is 0.136. The third-order valence-electron chi connectivity index (χ3n) is 4.64. The van der Waals surface area contributed by atoms with Crippen LogP contribution in [0.5, 0.6) is 0 Å². The van der Waals surface area contributed by atoms with Crippen LogP contribution in [0.1, 0.15) is 38.9 Å². The van der Waals surface area contributed by atoms with Gasteiger partial charge < -0.3 is 9.15 Å². The number of rotatable bonds is 5. The van der Waals surface area contributed by atoms with E-state index in [-0.39, 0.29) is 23.4 Å². The van der Waals surface area contributed by atoms with E-state index in [0.717, 1.165) is 24.3 Å². The highest BCUT2D eigenvalue weighted by Gasteiger charge is 2.30. The molecular weight excluding hydrogens is 413 g/mol. The Balaban J connectivity index is 1.82. The van der Waals surface area contributed by atoms with Crippen molar-refractivity contribution in [1.82, 2.24) is 9.38 Å². The van der Waals surface area contributed by atoms with E-state index in [4.69, 9.17) is 9.15 Å². The average molecular weight is 428 g/mol. The Morgan fingerprint density at radius 3 is 2.48 bits per heavy atom. The van der Waals surface area contributed by atoms with Gasteiger partial charge in [0.05, 0.1) is 35.2 Å². The van der Waals surface area contributed by atoms with Crippen LogP contribution >= 0.6 is 0 Å². The van der Waals surface area contributed by atoms with E-state index in [0.29, 0.717) is 17.0 Å². The van der Waals surface area contributed by atoms with Crippen molar-refractivity contribution in [2.75, 3.05) is 6.61 Å². The number of alkyl halides is 3. The lowest BCUT2D eigenvalue weighted by atomic mass is 10.1. The topological polar surface area (TPSA) is 73.8 Å². The summed E-state index contributed by atoms with van der Waals surface area (Å²) in [5.41, 5.74) is 0.173. The molecule has 3 aromatic heterocycles. The molecule has 0 unspecified atom stereocenters. The number of fused-ring (bicyclic) bond motifs is 1. The third-order valence-corrected chi connectivity index (χ3v) is 4.64. The number of esters is 1. The van der Waals surface area contributed by atoms with E-state index in [9.17, 15) is 22.8 Å². The zero-order valence-electron chi connectivity index (χ0n) is 16.1. The minimum Gasteiger partial charge on any atom is -0.463 e. The highest BCUT2D eigenvalue weighted by Crippen LogP contribution is 2.30. The molecule has 0 radical (unpaired) electrons. The van der Waals surface area contributed by atoms with Gasteiger partial charge >= 0.3 is 12.1 Å². The van der Waals surface area contributed by atoms with E-state index < -0.39 is 23.5 Å². The number of ether oxygens (including phenoxy) is 1. The molecule has 3 heterocycles. The van der Waals surface area contributed by atoms with E-state index in [1.54, 1.807) is 25.1 Å². The first-order chi connectivity index (χ1) is 14.8. The van der Waals surface area contributed by atoms with Crippen molar-refractivity contribution in [3.05, 3.63) is 83.5 Å². The summed E-state index contributed by atoms with van der Waals surface area (Å²) >= 11 is 0. The van der Waals surface area contributed by atoms with E-state index >= 15 is 0 Å². The number of furan rings is 1. The first kappa shape index (κ1) is 20.4. The van der Waals surface area contributed by atoms with Gasteiger partial charge in [-0.1, -0.05) is 12.1 Å². The van der Waals surface area contributed by atoms with Gasteiger partial charge in [0.25, 0.3) is 0 Å². The number of halogens is 3. The molecular formula is C22H15F3N2O4. The van der Waals surface area contributed by atoms with Gasteiger partial charge in [0.15, 0.2) is 5.76 Å². The fourth-order valence-electron chi connectivity index (χ4n) is 3.16. The van der Waals surface area contributed by atoms with Crippen LogP contribution in [-0.4, -0.2) is 27.7 Å². The van der Waals surface area contributed by atoms with Gasteiger partial charge in [0, 0.05) is 5.56 Å². The largest absolute Gasteiger partial charge is 0.463 e. The lowest BCUT2D eigenvalue weighted by Gasteiger charge is -2.07. The maximum absolute atomic E-state index is 13.0. The molecule has 0 aliphatic heterocycles. The molecule has 0 fully saturated rings. The lowest BCUT2D eigenvalue weighted by Crippen LogP contribution is -2.08. The highest BCUT2D eigenvalue weighted by molar-refractivity contribution is 6.11. The van der Waals surface area contributed by atoms with E-state index in [1.807, 2.05) is 0 Å². The van der Waals surface area contributed by atoms with Gasteiger partial charge in [-0.25, -0.2) is 9.78 Å². The maximum atomic E-state index is 13.0. The van der Waals surface area contributed by atoms with Gasteiger partial charge in [0.1, 0.15) is 12.0 Å².